The average molecular weight is 337 g/mol. The fraction of sp³-hybridized carbons (Fsp3) is 0.211. The molecule has 0 bridgehead atoms. The van der Waals surface area contributed by atoms with Crippen LogP contribution in [0.25, 0.3) is 0 Å². The molecule has 2 aromatic carbocycles. The SMILES string of the molecule is CC[C@@H](Nc1c(Nc2c(C)cc[nH]c2=O)c(=O)c1=O)c1ccccc1. The van der Waals surface area contributed by atoms with Gasteiger partial charge in [0.15, 0.2) is 0 Å². The summed E-state index contributed by atoms with van der Waals surface area (Å²) in [5, 5.41) is 5.97. The van der Waals surface area contributed by atoms with Crippen molar-refractivity contribution in [3.8, 4) is 0 Å². The highest BCUT2D eigenvalue weighted by molar-refractivity contribution is 5.79. The molecule has 0 unspecified atom stereocenters. The van der Waals surface area contributed by atoms with E-state index >= 15 is 0 Å². The first-order valence-corrected chi connectivity index (χ1v) is 8.13. The molecule has 1 atom stereocenters. The first-order valence-electron chi connectivity index (χ1n) is 8.13. The zero-order chi connectivity index (χ0) is 18.0. The van der Waals surface area contributed by atoms with Crippen LogP contribution >= 0.6 is 0 Å². The third-order valence-corrected chi connectivity index (χ3v) is 4.26. The van der Waals surface area contributed by atoms with E-state index in [2.05, 4.69) is 15.6 Å². The van der Waals surface area contributed by atoms with Gasteiger partial charge in [-0.05, 0) is 30.5 Å². The van der Waals surface area contributed by atoms with Gasteiger partial charge in [0.1, 0.15) is 17.1 Å². The standard InChI is InChI=1S/C19H19N3O3/c1-3-13(12-7-5-4-6-8-12)21-15-16(18(24)17(15)23)22-14-11(2)9-10-20-19(14)25/h4-10,13,21-22H,3H2,1-2H3,(H,20,25)/t13-/m1/s1. The molecule has 128 valence electrons. The minimum Gasteiger partial charge on any atom is -0.373 e. The Kier molecular flexibility index (Phi) is 4.52. The summed E-state index contributed by atoms with van der Waals surface area (Å²) in [5.41, 5.74) is 0.826. The molecule has 0 aliphatic carbocycles. The van der Waals surface area contributed by atoms with Crippen LogP contribution in [-0.2, 0) is 0 Å². The lowest BCUT2D eigenvalue weighted by atomic mass is 10.0. The third kappa shape index (κ3) is 3.10. The molecule has 0 fully saturated rings. The van der Waals surface area contributed by atoms with Gasteiger partial charge in [0.25, 0.3) is 16.4 Å². The number of anilines is 3. The van der Waals surface area contributed by atoms with Crippen LogP contribution in [0.5, 0.6) is 0 Å². The second kappa shape index (κ2) is 6.76. The highest BCUT2D eigenvalue weighted by atomic mass is 16.2. The maximum Gasteiger partial charge on any atom is 0.271 e. The number of H-pyrrole nitrogens is 1. The van der Waals surface area contributed by atoms with Crippen LogP contribution in [0, 0.1) is 6.92 Å². The Labute approximate surface area is 144 Å². The molecular weight excluding hydrogens is 318 g/mol. The Hall–Kier alpha value is -3.15. The molecule has 0 radical (unpaired) electrons. The quantitative estimate of drug-likeness (QED) is 0.601. The molecule has 3 aromatic rings. The zero-order valence-corrected chi connectivity index (χ0v) is 14.1. The van der Waals surface area contributed by atoms with E-state index in [9.17, 15) is 14.4 Å². The monoisotopic (exact) mass is 337 g/mol. The molecule has 6 heteroatoms. The number of hydrogen-bond donors (Lipinski definition) is 3. The number of aromatic nitrogens is 1. The van der Waals surface area contributed by atoms with E-state index < -0.39 is 10.9 Å². The Morgan fingerprint density at radius 2 is 1.64 bits per heavy atom. The van der Waals surface area contributed by atoms with Crippen molar-refractivity contribution < 1.29 is 0 Å². The van der Waals surface area contributed by atoms with Gasteiger partial charge in [-0.2, -0.15) is 0 Å². The van der Waals surface area contributed by atoms with E-state index in [-0.39, 0.29) is 28.7 Å². The molecule has 0 spiro atoms. The van der Waals surface area contributed by atoms with E-state index in [1.54, 1.807) is 13.0 Å². The van der Waals surface area contributed by atoms with Crippen LogP contribution in [-0.4, -0.2) is 4.98 Å². The van der Waals surface area contributed by atoms with Gasteiger partial charge in [0, 0.05) is 6.20 Å². The maximum absolute atomic E-state index is 12.0. The van der Waals surface area contributed by atoms with Gasteiger partial charge < -0.3 is 15.6 Å². The van der Waals surface area contributed by atoms with Crippen LogP contribution in [0.3, 0.4) is 0 Å². The molecule has 1 heterocycles. The molecule has 0 amide bonds. The second-order valence-corrected chi connectivity index (χ2v) is 5.91. The number of rotatable bonds is 6. The van der Waals surface area contributed by atoms with Crippen molar-refractivity contribution in [3.63, 3.8) is 0 Å². The summed E-state index contributed by atoms with van der Waals surface area (Å²) in [6.07, 6.45) is 2.28. The highest BCUT2D eigenvalue weighted by Crippen LogP contribution is 2.26. The van der Waals surface area contributed by atoms with Crippen molar-refractivity contribution in [3.05, 3.63) is 84.5 Å². The largest absolute Gasteiger partial charge is 0.373 e. The molecule has 0 aliphatic heterocycles. The van der Waals surface area contributed by atoms with Crippen LogP contribution in [0.4, 0.5) is 17.1 Å². The number of aryl methyl sites for hydroxylation is 1. The van der Waals surface area contributed by atoms with Gasteiger partial charge in [-0.25, -0.2) is 0 Å². The summed E-state index contributed by atoms with van der Waals surface area (Å²) < 4.78 is 0. The molecule has 25 heavy (non-hydrogen) atoms. The molecule has 3 N–H and O–H groups in total. The highest BCUT2D eigenvalue weighted by Gasteiger charge is 2.24. The maximum atomic E-state index is 12.0. The minimum absolute atomic E-state index is 0.0970. The molecule has 0 saturated heterocycles. The van der Waals surface area contributed by atoms with Gasteiger partial charge in [0.05, 0.1) is 6.04 Å². The lowest BCUT2D eigenvalue weighted by Gasteiger charge is -2.22. The lowest BCUT2D eigenvalue weighted by molar-refractivity contribution is 0.747. The van der Waals surface area contributed by atoms with Crippen molar-refractivity contribution >= 4 is 17.1 Å². The van der Waals surface area contributed by atoms with E-state index in [0.717, 1.165) is 12.0 Å². The topological polar surface area (TPSA) is 91.1 Å². The van der Waals surface area contributed by atoms with Crippen LogP contribution < -0.4 is 27.1 Å². The fourth-order valence-corrected chi connectivity index (χ4v) is 2.79. The second-order valence-electron chi connectivity index (χ2n) is 5.91. The summed E-state index contributed by atoms with van der Waals surface area (Å²) in [6, 6.07) is 11.3. The number of pyridine rings is 1. The predicted molar refractivity (Wildman–Crippen MR) is 99.5 cm³/mol. The van der Waals surface area contributed by atoms with Gasteiger partial charge >= 0.3 is 0 Å². The Morgan fingerprint density at radius 1 is 0.960 bits per heavy atom. The van der Waals surface area contributed by atoms with Crippen molar-refractivity contribution in [1.29, 1.82) is 0 Å². The predicted octanol–water partition coefficient (Wildman–Crippen LogP) is 2.59. The Morgan fingerprint density at radius 3 is 2.28 bits per heavy atom. The lowest BCUT2D eigenvalue weighted by Crippen LogP contribution is -2.38. The molecule has 0 saturated carbocycles. The number of nitrogens with one attached hydrogen (secondary N) is 3. The summed E-state index contributed by atoms with van der Waals surface area (Å²) in [4.78, 5) is 38.5. The normalized spacial score (nSPS) is 12.1. The first-order chi connectivity index (χ1) is 12.0. The summed E-state index contributed by atoms with van der Waals surface area (Å²) >= 11 is 0. The molecular formula is C19H19N3O3. The van der Waals surface area contributed by atoms with Gasteiger partial charge in [-0.3, -0.25) is 14.4 Å². The molecule has 0 aliphatic rings. The number of aromatic amines is 1. The third-order valence-electron chi connectivity index (χ3n) is 4.26. The van der Waals surface area contributed by atoms with Crippen molar-refractivity contribution in [2.75, 3.05) is 10.6 Å². The minimum atomic E-state index is -0.618. The smallest absolute Gasteiger partial charge is 0.271 e. The van der Waals surface area contributed by atoms with E-state index in [1.807, 2.05) is 37.3 Å². The summed E-state index contributed by atoms with van der Waals surface area (Å²) in [5.74, 6) is 0. The molecule has 1 aromatic heterocycles. The zero-order valence-electron chi connectivity index (χ0n) is 14.1. The number of benzene rings is 1. The van der Waals surface area contributed by atoms with Crippen LogP contribution in [0.1, 0.15) is 30.5 Å². The van der Waals surface area contributed by atoms with Crippen LogP contribution in [0.2, 0.25) is 0 Å². The number of hydrogen-bond acceptors (Lipinski definition) is 5. The van der Waals surface area contributed by atoms with E-state index in [1.165, 1.54) is 6.20 Å². The van der Waals surface area contributed by atoms with Crippen molar-refractivity contribution in [1.82, 2.24) is 4.98 Å². The Bertz CT molecular complexity index is 1010. The van der Waals surface area contributed by atoms with E-state index in [4.69, 9.17) is 0 Å². The van der Waals surface area contributed by atoms with E-state index in [0.29, 0.717) is 5.56 Å². The van der Waals surface area contributed by atoms with Gasteiger partial charge in [-0.1, -0.05) is 37.3 Å². The van der Waals surface area contributed by atoms with Crippen LogP contribution in [0.15, 0.2) is 57.0 Å². The fourth-order valence-electron chi connectivity index (χ4n) is 2.79. The van der Waals surface area contributed by atoms with Crippen molar-refractivity contribution in [2.24, 2.45) is 0 Å². The summed E-state index contributed by atoms with van der Waals surface area (Å²) in [7, 11) is 0. The van der Waals surface area contributed by atoms with Gasteiger partial charge in [0.2, 0.25) is 0 Å². The molecule has 3 rings (SSSR count). The van der Waals surface area contributed by atoms with Crippen molar-refractivity contribution in [2.45, 2.75) is 26.3 Å². The summed E-state index contributed by atoms with van der Waals surface area (Å²) in [6.45, 7) is 3.75. The first kappa shape index (κ1) is 16.7. The van der Waals surface area contributed by atoms with Gasteiger partial charge in [-0.15, -0.1) is 0 Å². The molecule has 6 nitrogen and oxygen atoms in total. The average Bonchev–Trinajstić information content (AvgIpc) is 2.63. The Balaban J connectivity index is 1.92.